The van der Waals surface area contributed by atoms with E-state index in [9.17, 15) is 4.79 Å². The van der Waals surface area contributed by atoms with Crippen molar-refractivity contribution in [2.45, 2.75) is 43.2 Å². The highest BCUT2D eigenvalue weighted by Crippen LogP contribution is 2.33. The standard InChI is InChI=1S/C22H26N2O3S/c1-28-19-8-4-5-17(12-19)23-22(25)14-24(18-6-2-3-7-18)13-16-9-10-20-21(11-16)27-15-26-20/h4-5,8-12,18H,2-3,6-7,13-15H2,1H3,(H,23,25). The lowest BCUT2D eigenvalue weighted by Crippen LogP contribution is -2.39. The van der Waals surface area contributed by atoms with Crippen molar-refractivity contribution < 1.29 is 14.3 Å². The van der Waals surface area contributed by atoms with E-state index in [1.54, 1.807) is 11.8 Å². The molecule has 2 aromatic carbocycles. The minimum Gasteiger partial charge on any atom is -0.454 e. The van der Waals surface area contributed by atoms with Gasteiger partial charge in [-0.1, -0.05) is 25.0 Å². The van der Waals surface area contributed by atoms with E-state index in [-0.39, 0.29) is 12.7 Å². The minimum absolute atomic E-state index is 0.0332. The van der Waals surface area contributed by atoms with Crippen LogP contribution in [0.15, 0.2) is 47.4 Å². The summed E-state index contributed by atoms with van der Waals surface area (Å²) in [7, 11) is 0. The zero-order valence-electron chi connectivity index (χ0n) is 16.1. The molecule has 0 saturated heterocycles. The van der Waals surface area contributed by atoms with Crippen LogP contribution in [0.25, 0.3) is 0 Å². The molecule has 5 nitrogen and oxygen atoms in total. The zero-order chi connectivity index (χ0) is 19.3. The molecule has 0 spiro atoms. The lowest BCUT2D eigenvalue weighted by molar-refractivity contribution is -0.118. The smallest absolute Gasteiger partial charge is 0.238 e. The van der Waals surface area contributed by atoms with Crippen LogP contribution in [0.4, 0.5) is 5.69 Å². The van der Waals surface area contributed by atoms with E-state index in [0.717, 1.165) is 47.0 Å². The SMILES string of the molecule is CSc1cccc(NC(=O)CN(Cc2ccc3c(c2)OCO3)C2CCCC2)c1. The van der Waals surface area contributed by atoms with E-state index in [4.69, 9.17) is 9.47 Å². The fourth-order valence-electron chi connectivity index (χ4n) is 3.94. The molecular weight excluding hydrogens is 372 g/mol. The molecule has 0 aromatic heterocycles. The van der Waals surface area contributed by atoms with Crippen LogP contribution in [-0.4, -0.2) is 36.4 Å². The maximum Gasteiger partial charge on any atom is 0.238 e. The Hall–Kier alpha value is -2.18. The van der Waals surface area contributed by atoms with Crippen molar-refractivity contribution in [3.05, 3.63) is 48.0 Å². The van der Waals surface area contributed by atoms with Gasteiger partial charge >= 0.3 is 0 Å². The molecule has 6 heteroatoms. The number of hydrogen-bond donors (Lipinski definition) is 1. The molecule has 2 aromatic rings. The van der Waals surface area contributed by atoms with Gasteiger partial charge in [-0.3, -0.25) is 9.69 Å². The number of thioether (sulfide) groups is 1. The van der Waals surface area contributed by atoms with Crippen LogP contribution in [0.3, 0.4) is 0 Å². The van der Waals surface area contributed by atoms with Crippen molar-refractivity contribution >= 4 is 23.4 Å². The highest BCUT2D eigenvalue weighted by Gasteiger charge is 2.25. The second kappa shape index (κ2) is 8.88. The molecule has 1 fully saturated rings. The second-order valence-corrected chi connectivity index (χ2v) is 8.19. The predicted molar refractivity (Wildman–Crippen MR) is 112 cm³/mol. The minimum atomic E-state index is 0.0332. The third-order valence-corrected chi connectivity index (χ3v) is 6.09. The van der Waals surface area contributed by atoms with Crippen molar-refractivity contribution in [2.75, 3.05) is 24.9 Å². The van der Waals surface area contributed by atoms with E-state index < -0.39 is 0 Å². The first-order chi connectivity index (χ1) is 13.7. The fraction of sp³-hybridized carbons (Fsp3) is 0.409. The Labute approximate surface area is 170 Å². The number of anilines is 1. The second-order valence-electron chi connectivity index (χ2n) is 7.31. The van der Waals surface area contributed by atoms with Crippen LogP contribution in [0.5, 0.6) is 11.5 Å². The van der Waals surface area contributed by atoms with Gasteiger partial charge in [0, 0.05) is 23.2 Å². The van der Waals surface area contributed by atoms with Crippen LogP contribution in [0, 0.1) is 0 Å². The summed E-state index contributed by atoms with van der Waals surface area (Å²) < 4.78 is 10.9. The lowest BCUT2D eigenvalue weighted by Gasteiger charge is -2.28. The summed E-state index contributed by atoms with van der Waals surface area (Å²) in [6.45, 7) is 1.41. The van der Waals surface area contributed by atoms with E-state index in [2.05, 4.69) is 16.3 Å². The van der Waals surface area contributed by atoms with Crippen molar-refractivity contribution in [3.63, 3.8) is 0 Å². The van der Waals surface area contributed by atoms with Gasteiger partial charge in [0.25, 0.3) is 0 Å². The van der Waals surface area contributed by atoms with Gasteiger partial charge in [0.15, 0.2) is 11.5 Å². The zero-order valence-corrected chi connectivity index (χ0v) is 17.0. The molecule has 1 aliphatic heterocycles. The third-order valence-electron chi connectivity index (χ3n) is 5.36. The Morgan fingerprint density at radius 2 is 1.96 bits per heavy atom. The van der Waals surface area contributed by atoms with E-state index >= 15 is 0 Å². The van der Waals surface area contributed by atoms with Crippen LogP contribution in [0.1, 0.15) is 31.2 Å². The average Bonchev–Trinajstić information content (AvgIpc) is 3.39. The van der Waals surface area contributed by atoms with Gasteiger partial charge in [-0.15, -0.1) is 11.8 Å². The van der Waals surface area contributed by atoms with Gasteiger partial charge in [0.2, 0.25) is 12.7 Å². The van der Waals surface area contributed by atoms with Crippen molar-refractivity contribution in [1.29, 1.82) is 0 Å². The number of carbonyl (C=O) groups is 1. The van der Waals surface area contributed by atoms with Crippen LogP contribution in [0.2, 0.25) is 0 Å². The van der Waals surface area contributed by atoms with E-state index in [1.807, 2.05) is 42.7 Å². The topological polar surface area (TPSA) is 50.8 Å². The van der Waals surface area contributed by atoms with E-state index in [0.29, 0.717) is 12.6 Å². The Morgan fingerprint density at radius 3 is 2.79 bits per heavy atom. The molecule has 28 heavy (non-hydrogen) atoms. The molecule has 1 aliphatic carbocycles. The molecule has 148 valence electrons. The molecule has 1 heterocycles. The fourth-order valence-corrected chi connectivity index (χ4v) is 4.40. The number of amides is 1. The van der Waals surface area contributed by atoms with Gasteiger partial charge in [0.1, 0.15) is 0 Å². The molecule has 0 atom stereocenters. The Balaban J connectivity index is 1.44. The van der Waals surface area contributed by atoms with Gasteiger partial charge in [-0.25, -0.2) is 0 Å². The Morgan fingerprint density at radius 1 is 1.14 bits per heavy atom. The van der Waals surface area contributed by atoms with Gasteiger partial charge in [-0.05, 0) is 55.0 Å². The van der Waals surface area contributed by atoms with Gasteiger partial charge in [-0.2, -0.15) is 0 Å². The average molecular weight is 399 g/mol. The maximum atomic E-state index is 12.8. The summed E-state index contributed by atoms with van der Waals surface area (Å²) in [6.07, 6.45) is 6.81. The van der Waals surface area contributed by atoms with Crippen molar-refractivity contribution in [2.24, 2.45) is 0 Å². The summed E-state index contributed by atoms with van der Waals surface area (Å²) in [6, 6.07) is 14.5. The molecule has 2 aliphatic rings. The number of carbonyl (C=O) groups excluding carboxylic acids is 1. The summed E-state index contributed by atoms with van der Waals surface area (Å²) in [5.74, 6) is 1.62. The first-order valence-corrected chi connectivity index (χ1v) is 11.0. The highest BCUT2D eigenvalue weighted by molar-refractivity contribution is 7.98. The largest absolute Gasteiger partial charge is 0.454 e. The normalized spacial score (nSPS) is 15.9. The number of hydrogen-bond acceptors (Lipinski definition) is 5. The molecule has 4 rings (SSSR count). The molecule has 1 amide bonds. The van der Waals surface area contributed by atoms with Crippen LogP contribution >= 0.6 is 11.8 Å². The van der Waals surface area contributed by atoms with Crippen molar-refractivity contribution in [1.82, 2.24) is 4.90 Å². The summed E-state index contributed by atoms with van der Waals surface area (Å²) >= 11 is 1.67. The number of benzene rings is 2. The molecule has 1 N–H and O–H groups in total. The number of nitrogens with zero attached hydrogens (tertiary/aromatic N) is 1. The monoisotopic (exact) mass is 398 g/mol. The third kappa shape index (κ3) is 4.62. The van der Waals surface area contributed by atoms with Gasteiger partial charge < -0.3 is 14.8 Å². The molecule has 0 bridgehead atoms. The van der Waals surface area contributed by atoms with Crippen LogP contribution < -0.4 is 14.8 Å². The summed E-state index contributed by atoms with van der Waals surface area (Å²) in [4.78, 5) is 16.2. The molecule has 0 unspecified atom stereocenters. The number of rotatable bonds is 7. The van der Waals surface area contributed by atoms with E-state index in [1.165, 1.54) is 12.8 Å². The number of nitrogens with one attached hydrogen (secondary N) is 1. The Bertz CT molecular complexity index is 836. The maximum absolute atomic E-state index is 12.8. The van der Waals surface area contributed by atoms with Crippen molar-refractivity contribution in [3.8, 4) is 11.5 Å². The lowest BCUT2D eigenvalue weighted by atomic mass is 10.1. The first kappa shape index (κ1) is 19.2. The Kier molecular flexibility index (Phi) is 6.07. The quantitative estimate of drug-likeness (QED) is 0.695. The molecule has 0 radical (unpaired) electrons. The van der Waals surface area contributed by atoms with Gasteiger partial charge in [0.05, 0.1) is 6.54 Å². The molecule has 1 saturated carbocycles. The van der Waals surface area contributed by atoms with Crippen LogP contribution in [-0.2, 0) is 11.3 Å². The summed E-state index contributed by atoms with van der Waals surface area (Å²) in [5.41, 5.74) is 2.00. The predicted octanol–water partition coefficient (Wildman–Crippen LogP) is 4.52. The number of fused-ring (bicyclic) bond motifs is 1. The highest BCUT2D eigenvalue weighted by atomic mass is 32.2. The molecular formula is C22H26N2O3S. The summed E-state index contributed by atoms with van der Waals surface area (Å²) in [5, 5.41) is 3.06. The number of ether oxygens (including phenoxy) is 2. The first-order valence-electron chi connectivity index (χ1n) is 9.78.